The van der Waals surface area contributed by atoms with Crippen LogP contribution in [0.25, 0.3) is 0 Å². The Kier molecular flexibility index (Phi) is 3.09. The third-order valence-electron chi connectivity index (χ3n) is 2.27. The van der Waals surface area contributed by atoms with Crippen LogP contribution in [-0.2, 0) is 0 Å². The third kappa shape index (κ3) is 2.64. The first-order valence-corrected chi connectivity index (χ1v) is 4.18. The Morgan fingerprint density at radius 2 is 2.09 bits per heavy atom. The molecule has 2 atom stereocenters. The zero-order valence-corrected chi connectivity index (χ0v) is 6.79. The van der Waals surface area contributed by atoms with Crippen LogP contribution in [0.3, 0.4) is 0 Å². The molecule has 0 aromatic carbocycles. The highest BCUT2D eigenvalue weighted by Crippen LogP contribution is 2.25. The van der Waals surface area contributed by atoms with Gasteiger partial charge in [0, 0.05) is 6.61 Å². The van der Waals surface area contributed by atoms with E-state index in [0.29, 0.717) is 5.92 Å². The van der Waals surface area contributed by atoms with E-state index in [2.05, 4.69) is 6.58 Å². The monoisotopic (exact) mass is 156 g/mol. The van der Waals surface area contributed by atoms with Gasteiger partial charge in [0.1, 0.15) is 0 Å². The van der Waals surface area contributed by atoms with Crippen LogP contribution in [0.15, 0.2) is 12.2 Å². The molecule has 1 fully saturated rings. The molecule has 0 aliphatic heterocycles. The van der Waals surface area contributed by atoms with Crippen molar-refractivity contribution >= 4 is 0 Å². The molecule has 2 heteroatoms. The van der Waals surface area contributed by atoms with Gasteiger partial charge in [-0.15, -0.1) is 0 Å². The molecule has 0 unspecified atom stereocenters. The second kappa shape index (κ2) is 3.88. The second-order valence-corrected chi connectivity index (χ2v) is 3.44. The number of hydrogen-bond donors (Lipinski definition) is 2. The van der Waals surface area contributed by atoms with E-state index in [1.165, 1.54) is 0 Å². The summed E-state index contributed by atoms with van der Waals surface area (Å²) in [5.41, 5.74) is 1.08. The Bertz CT molecular complexity index is 142. The van der Waals surface area contributed by atoms with E-state index in [1.54, 1.807) is 0 Å². The van der Waals surface area contributed by atoms with Crippen LogP contribution in [0.4, 0.5) is 0 Å². The minimum absolute atomic E-state index is 0.223. The minimum Gasteiger partial charge on any atom is -0.396 e. The van der Waals surface area contributed by atoms with Gasteiger partial charge in [0.15, 0.2) is 0 Å². The van der Waals surface area contributed by atoms with Crippen molar-refractivity contribution in [2.45, 2.75) is 31.8 Å². The average molecular weight is 156 g/mol. The Hall–Kier alpha value is -0.340. The fourth-order valence-electron chi connectivity index (χ4n) is 1.61. The zero-order valence-electron chi connectivity index (χ0n) is 6.79. The van der Waals surface area contributed by atoms with Crippen LogP contribution in [0.2, 0.25) is 0 Å². The first-order chi connectivity index (χ1) is 5.22. The predicted octanol–water partition coefficient (Wildman–Crippen LogP) is 1.09. The average Bonchev–Trinajstić information content (AvgIpc) is 2.11. The van der Waals surface area contributed by atoms with Crippen LogP contribution < -0.4 is 0 Å². The maximum Gasteiger partial charge on any atom is 0.0577 e. The lowest BCUT2D eigenvalue weighted by molar-refractivity contribution is 0.155. The van der Waals surface area contributed by atoms with E-state index in [-0.39, 0.29) is 12.7 Å². The lowest BCUT2D eigenvalue weighted by Gasteiger charge is -2.09. The molecule has 1 rings (SSSR count). The van der Waals surface area contributed by atoms with E-state index < -0.39 is 0 Å². The molecule has 0 bridgehead atoms. The highest BCUT2D eigenvalue weighted by atomic mass is 16.3. The molecule has 0 amide bonds. The first-order valence-electron chi connectivity index (χ1n) is 4.18. The molecule has 0 aromatic rings. The highest BCUT2D eigenvalue weighted by Gasteiger charge is 2.18. The topological polar surface area (TPSA) is 40.5 Å². The van der Waals surface area contributed by atoms with E-state index >= 15 is 0 Å². The molecule has 0 aromatic heterocycles. The van der Waals surface area contributed by atoms with Gasteiger partial charge in [-0.1, -0.05) is 12.2 Å². The standard InChI is InChI=1S/C9H16O2/c1-7-4-8(6-10)2-3-9(11)5-7/h8-11H,1-6H2/t8-,9+/m1/s1. The van der Waals surface area contributed by atoms with Gasteiger partial charge in [0.25, 0.3) is 0 Å². The Morgan fingerprint density at radius 1 is 1.36 bits per heavy atom. The zero-order chi connectivity index (χ0) is 8.27. The normalized spacial score (nSPS) is 33.5. The summed E-state index contributed by atoms with van der Waals surface area (Å²) in [7, 11) is 0. The molecule has 0 radical (unpaired) electrons. The fourth-order valence-corrected chi connectivity index (χ4v) is 1.61. The summed E-state index contributed by atoms with van der Waals surface area (Å²) < 4.78 is 0. The lowest BCUT2D eigenvalue weighted by Crippen LogP contribution is -2.06. The summed E-state index contributed by atoms with van der Waals surface area (Å²) in [5.74, 6) is 0.333. The van der Waals surface area contributed by atoms with Crippen LogP contribution in [0, 0.1) is 5.92 Å². The molecule has 1 aliphatic carbocycles. The smallest absolute Gasteiger partial charge is 0.0577 e. The van der Waals surface area contributed by atoms with Crippen LogP contribution in [0.5, 0.6) is 0 Å². The van der Waals surface area contributed by atoms with Gasteiger partial charge < -0.3 is 10.2 Å². The molecule has 1 saturated carbocycles. The quantitative estimate of drug-likeness (QED) is 0.440. The summed E-state index contributed by atoms with van der Waals surface area (Å²) >= 11 is 0. The lowest BCUT2D eigenvalue weighted by atomic mass is 10.00. The van der Waals surface area contributed by atoms with Crippen LogP contribution in [-0.4, -0.2) is 22.9 Å². The molecule has 64 valence electrons. The highest BCUT2D eigenvalue weighted by molar-refractivity contribution is 5.00. The second-order valence-electron chi connectivity index (χ2n) is 3.44. The van der Waals surface area contributed by atoms with Gasteiger partial charge in [-0.2, -0.15) is 0 Å². The Labute approximate surface area is 67.6 Å². The summed E-state index contributed by atoms with van der Waals surface area (Å²) in [6.07, 6.45) is 3.12. The Balaban J connectivity index is 2.46. The van der Waals surface area contributed by atoms with Crippen molar-refractivity contribution in [3.63, 3.8) is 0 Å². The van der Waals surface area contributed by atoms with Gasteiger partial charge in [-0.3, -0.25) is 0 Å². The first kappa shape index (κ1) is 8.75. The van der Waals surface area contributed by atoms with E-state index in [4.69, 9.17) is 5.11 Å². The SMILES string of the molecule is C=C1C[C@@H](O)CC[C@@H](CO)C1. The number of hydrogen-bond acceptors (Lipinski definition) is 2. The molecular weight excluding hydrogens is 140 g/mol. The molecule has 2 N–H and O–H groups in total. The van der Waals surface area contributed by atoms with Crippen molar-refractivity contribution in [1.82, 2.24) is 0 Å². The van der Waals surface area contributed by atoms with Gasteiger partial charge in [0.2, 0.25) is 0 Å². The van der Waals surface area contributed by atoms with Crippen molar-refractivity contribution in [3.8, 4) is 0 Å². The maximum absolute atomic E-state index is 9.33. The van der Waals surface area contributed by atoms with Gasteiger partial charge in [-0.05, 0) is 31.6 Å². The largest absolute Gasteiger partial charge is 0.396 e. The third-order valence-corrected chi connectivity index (χ3v) is 2.27. The number of aliphatic hydroxyl groups is 2. The molecule has 0 spiro atoms. The van der Waals surface area contributed by atoms with Crippen molar-refractivity contribution in [3.05, 3.63) is 12.2 Å². The molecule has 2 nitrogen and oxygen atoms in total. The predicted molar refractivity (Wildman–Crippen MR) is 44.2 cm³/mol. The molecule has 0 heterocycles. The summed E-state index contributed by atoms with van der Waals surface area (Å²) in [4.78, 5) is 0. The van der Waals surface area contributed by atoms with Gasteiger partial charge in [-0.25, -0.2) is 0 Å². The van der Waals surface area contributed by atoms with Crippen molar-refractivity contribution in [2.75, 3.05) is 6.61 Å². The molecule has 11 heavy (non-hydrogen) atoms. The molecule has 1 aliphatic rings. The Morgan fingerprint density at radius 3 is 2.73 bits per heavy atom. The van der Waals surface area contributed by atoms with E-state index in [0.717, 1.165) is 31.3 Å². The fraction of sp³-hybridized carbons (Fsp3) is 0.778. The molecular formula is C9H16O2. The van der Waals surface area contributed by atoms with Crippen molar-refractivity contribution in [1.29, 1.82) is 0 Å². The minimum atomic E-state index is -0.223. The van der Waals surface area contributed by atoms with Gasteiger partial charge >= 0.3 is 0 Å². The summed E-state index contributed by atoms with van der Waals surface area (Å²) in [5, 5.41) is 18.2. The summed E-state index contributed by atoms with van der Waals surface area (Å²) in [6, 6.07) is 0. The van der Waals surface area contributed by atoms with E-state index in [1.807, 2.05) is 0 Å². The number of aliphatic hydroxyl groups excluding tert-OH is 2. The van der Waals surface area contributed by atoms with Gasteiger partial charge in [0.05, 0.1) is 6.10 Å². The maximum atomic E-state index is 9.33. The number of rotatable bonds is 1. The van der Waals surface area contributed by atoms with Crippen LogP contribution >= 0.6 is 0 Å². The molecule has 0 saturated heterocycles. The van der Waals surface area contributed by atoms with Crippen molar-refractivity contribution < 1.29 is 10.2 Å². The van der Waals surface area contributed by atoms with E-state index in [9.17, 15) is 5.11 Å². The van der Waals surface area contributed by atoms with Crippen molar-refractivity contribution in [2.24, 2.45) is 5.92 Å². The summed E-state index contributed by atoms with van der Waals surface area (Å²) in [6.45, 7) is 4.08. The van der Waals surface area contributed by atoms with Crippen LogP contribution in [0.1, 0.15) is 25.7 Å².